The molecule has 0 saturated carbocycles. The zero-order chi connectivity index (χ0) is 14.7. The minimum absolute atomic E-state index is 0.00815. The van der Waals surface area contributed by atoms with Crippen molar-refractivity contribution in [3.05, 3.63) is 35.1 Å². The van der Waals surface area contributed by atoms with Gasteiger partial charge in [-0.1, -0.05) is 0 Å². The Hall–Kier alpha value is -1.42. The summed E-state index contributed by atoms with van der Waals surface area (Å²) < 4.78 is 13.2. The third-order valence-corrected chi connectivity index (χ3v) is 3.88. The molecule has 1 heterocycles. The highest BCUT2D eigenvalue weighted by molar-refractivity contribution is 5.95. The van der Waals surface area contributed by atoms with E-state index < -0.39 is 0 Å². The van der Waals surface area contributed by atoms with Crippen LogP contribution in [-0.2, 0) is 0 Å². The summed E-state index contributed by atoms with van der Waals surface area (Å²) in [5, 5.41) is 3.42. The molecule has 1 unspecified atom stereocenters. The van der Waals surface area contributed by atoms with Crippen molar-refractivity contribution in [1.82, 2.24) is 10.2 Å². The van der Waals surface area contributed by atoms with Gasteiger partial charge >= 0.3 is 0 Å². The molecule has 2 rings (SSSR count). The van der Waals surface area contributed by atoms with Crippen molar-refractivity contribution in [1.29, 1.82) is 0 Å². The van der Waals surface area contributed by atoms with Crippen LogP contribution in [0, 0.1) is 12.7 Å². The molecular weight excluding hydrogens is 255 g/mol. The lowest BCUT2D eigenvalue weighted by Crippen LogP contribution is -2.45. The molecule has 20 heavy (non-hydrogen) atoms. The Labute approximate surface area is 120 Å². The van der Waals surface area contributed by atoms with Crippen molar-refractivity contribution < 1.29 is 9.18 Å². The Morgan fingerprint density at radius 2 is 2.25 bits per heavy atom. The van der Waals surface area contributed by atoms with Crippen LogP contribution >= 0.6 is 0 Å². The van der Waals surface area contributed by atoms with E-state index in [2.05, 4.69) is 5.32 Å². The number of aryl methyl sites for hydroxylation is 1. The lowest BCUT2D eigenvalue weighted by atomic mass is 10.1. The summed E-state index contributed by atoms with van der Waals surface area (Å²) in [5.74, 6) is -0.307. The first-order chi connectivity index (χ1) is 9.49. The molecule has 3 nitrogen and oxygen atoms in total. The van der Waals surface area contributed by atoms with Gasteiger partial charge in [-0.2, -0.15) is 0 Å². The van der Waals surface area contributed by atoms with Gasteiger partial charge < -0.3 is 10.2 Å². The van der Waals surface area contributed by atoms with Gasteiger partial charge in [0.2, 0.25) is 0 Å². The van der Waals surface area contributed by atoms with E-state index in [0.29, 0.717) is 23.7 Å². The molecule has 1 aliphatic rings. The number of amides is 1. The zero-order valence-corrected chi connectivity index (χ0v) is 12.4. The highest BCUT2D eigenvalue weighted by atomic mass is 19.1. The average molecular weight is 278 g/mol. The van der Waals surface area contributed by atoms with Gasteiger partial charge in [-0.15, -0.1) is 0 Å². The standard InChI is InChI=1S/C16H23FN2O/c1-11(2)19(10-14-5-4-8-18-14)16(20)15-7-6-13(17)9-12(15)3/h6-7,9,11,14,18H,4-5,8,10H2,1-3H3. The van der Waals surface area contributed by atoms with Crippen molar-refractivity contribution in [3.63, 3.8) is 0 Å². The fourth-order valence-corrected chi connectivity index (χ4v) is 2.70. The maximum absolute atomic E-state index is 13.2. The largest absolute Gasteiger partial charge is 0.335 e. The number of hydrogen-bond acceptors (Lipinski definition) is 2. The summed E-state index contributed by atoms with van der Waals surface area (Å²) in [6.45, 7) is 7.56. The first-order valence-electron chi connectivity index (χ1n) is 7.29. The molecule has 1 amide bonds. The van der Waals surface area contributed by atoms with E-state index in [0.717, 1.165) is 13.0 Å². The maximum Gasteiger partial charge on any atom is 0.254 e. The molecule has 110 valence electrons. The van der Waals surface area contributed by atoms with Gasteiger partial charge in [-0.05, 0) is 63.9 Å². The van der Waals surface area contributed by atoms with E-state index in [-0.39, 0.29) is 17.8 Å². The Morgan fingerprint density at radius 3 is 2.80 bits per heavy atom. The van der Waals surface area contributed by atoms with Gasteiger partial charge in [0.1, 0.15) is 5.82 Å². The number of carbonyl (C=O) groups is 1. The lowest BCUT2D eigenvalue weighted by Gasteiger charge is -2.30. The van der Waals surface area contributed by atoms with Gasteiger partial charge in [0.05, 0.1) is 0 Å². The number of carbonyl (C=O) groups excluding carboxylic acids is 1. The first kappa shape index (κ1) is 15.0. The van der Waals surface area contributed by atoms with E-state index in [1.807, 2.05) is 18.7 Å². The van der Waals surface area contributed by atoms with Crippen molar-refractivity contribution in [3.8, 4) is 0 Å². The van der Waals surface area contributed by atoms with Crippen LogP contribution in [0.2, 0.25) is 0 Å². The summed E-state index contributed by atoms with van der Waals surface area (Å²) in [6.07, 6.45) is 2.28. The average Bonchev–Trinajstić information content (AvgIpc) is 2.87. The predicted molar refractivity (Wildman–Crippen MR) is 78.3 cm³/mol. The number of nitrogens with zero attached hydrogens (tertiary/aromatic N) is 1. The molecule has 1 saturated heterocycles. The summed E-state index contributed by atoms with van der Waals surface area (Å²) in [6, 6.07) is 4.87. The van der Waals surface area contributed by atoms with E-state index >= 15 is 0 Å². The van der Waals surface area contributed by atoms with Crippen molar-refractivity contribution in [2.45, 2.75) is 45.7 Å². The fraction of sp³-hybridized carbons (Fsp3) is 0.562. The number of nitrogens with one attached hydrogen (secondary N) is 1. The molecule has 0 aliphatic carbocycles. The van der Waals surface area contributed by atoms with E-state index in [1.54, 1.807) is 13.0 Å². The van der Waals surface area contributed by atoms with Crippen LogP contribution in [0.25, 0.3) is 0 Å². The zero-order valence-electron chi connectivity index (χ0n) is 12.4. The number of rotatable bonds is 4. The molecule has 4 heteroatoms. The third kappa shape index (κ3) is 3.37. The maximum atomic E-state index is 13.2. The van der Waals surface area contributed by atoms with Gasteiger partial charge in [0, 0.05) is 24.2 Å². The second-order valence-corrected chi connectivity index (χ2v) is 5.80. The van der Waals surface area contributed by atoms with Crippen molar-refractivity contribution >= 4 is 5.91 Å². The monoisotopic (exact) mass is 278 g/mol. The minimum atomic E-state index is -0.299. The molecule has 0 aromatic heterocycles. The normalized spacial score (nSPS) is 18.6. The highest BCUT2D eigenvalue weighted by Gasteiger charge is 2.25. The second-order valence-electron chi connectivity index (χ2n) is 5.80. The van der Waals surface area contributed by atoms with Crippen LogP contribution in [-0.4, -0.2) is 36.0 Å². The summed E-state index contributed by atoms with van der Waals surface area (Å²) >= 11 is 0. The van der Waals surface area contributed by atoms with Crippen LogP contribution in [0.3, 0.4) is 0 Å². The summed E-state index contributed by atoms with van der Waals surface area (Å²) in [7, 11) is 0. The van der Waals surface area contributed by atoms with Crippen LogP contribution < -0.4 is 5.32 Å². The van der Waals surface area contributed by atoms with Crippen molar-refractivity contribution in [2.24, 2.45) is 0 Å². The molecule has 1 aliphatic heterocycles. The smallest absolute Gasteiger partial charge is 0.254 e. The van der Waals surface area contributed by atoms with Crippen LogP contribution in [0.1, 0.15) is 42.6 Å². The quantitative estimate of drug-likeness (QED) is 0.918. The Morgan fingerprint density at radius 1 is 1.50 bits per heavy atom. The topological polar surface area (TPSA) is 32.3 Å². The second kappa shape index (κ2) is 6.35. The predicted octanol–water partition coefficient (Wildman–Crippen LogP) is 2.74. The van der Waals surface area contributed by atoms with E-state index in [9.17, 15) is 9.18 Å². The van der Waals surface area contributed by atoms with Gasteiger partial charge in [0.25, 0.3) is 5.91 Å². The molecular formula is C16H23FN2O. The molecule has 0 spiro atoms. The number of benzene rings is 1. The van der Waals surface area contributed by atoms with Crippen LogP contribution in [0.4, 0.5) is 4.39 Å². The van der Waals surface area contributed by atoms with E-state index in [1.165, 1.54) is 18.6 Å². The van der Waals surface area contributed by atoms with E-state index in [4.69, 9.17) is 0 Å². The molecule has 0 radical (unpaired) electrons. The molecule has 0 bridgehead atoms. The Balaban J connectivity index is 2.17. The van der Waals surface area contributed by atoms with Gasteiger partial charge in [-0.3, -0.25) is 4.79 Å². The molecule has 1 fully saturated rings. The molecule has 1 N–H and O–H groups in total. The Bertz CT molecular complexity index is 481. The summed E-state index contributed by atoms with van der Waals surface area (Å²) in [5.41, 5.74) is 1.29. The molecule has 1 aromatic carbocycles. The fourth-order valence-electron chi connectivity index (χ4n) is 2.70. The third-order valence-electron chi connectivity index (χ3n) is 3.88. The Kier molecular flexibility index (Phi) is 4.76. The van der Waals surface area contributed by atoms with Gasteiger partial charge in [-0.25, -0.2) is 4.39 Å². The lowest BCUT2D eigenvalue weighted by molar-refractivity contribution is 0.0688. The molecule has 1 atom stereocenters. The highest BCUT2D eigenvalue weighted by Crippen LogP contribution is 2.17. The first-order valence-corrected chi connectivity index (χ1v) is 7.29. The number of halogens is 1. The van der Waals surface area contributed by atoms with Crippen LogP contribution in [0.15, 0.2) is 18.2 Å². The van der Waals surface area contributed by atoms with Crippen LogP contribution in [0.5, 0.6) is 0 Å². The SMILES string of the molecule is Cc1cc(F)ccc1C(=O)N(CC1CCCN1)C(C)C. The van der Waals surface area contributed by atoms with Crippen molar-refractivity contribution in [2.75, 3.05) is 13.1 Å². The summed E-state index contributed by atoms with van der Waals surface area (Å²) in [4.78, 5) is 14.6. The molecule has 1 aromatic rings. The minimum Gasteiger partial charge on any atom is -0.335 e. The van der Waals surface area contributed by atoms with Gasteiger partial charge in [0.15, 0.2) is 0 Å². The number of hydrogen-bond donors (Lipinski definition) is 1.